The van der Waals surface area contributed by atoms with E-state index in [9.17, 15) is 18.5 Å². The third kappa shape index (κ3) is 5.04. The largest absolute Gasteiger partial charge is 0.480 e. The van der Waals surface area contributed by atoms with Crippen molar-refractivity contribution in [3.05, 3.63) is 52.6 Å². The lowest BCUT2D eigenvalue weighted by Gasteiger charge is -2.20. The highest BCUT2D eigenvalue weighted by atomic mass is 32.2. The van der Waals surface area contributed by atoms with Crippen LogP contribution in [0.5, 0.6) is 5.88 Å². The van der Waals surface area contributed by atoms with Gasteiger partial charge in [-0.25, -0.2) is 33.3 Å². The Bertz CT molecular complexity index is 1870. The molecule has 0 aliphatic heterocycles. The smallest absolute Gasteiger partial charge is 0.295 e. The summed E-state index contributed by atoms with van der Waals surface area (Å²) in [5.41, 5.74) is 2.22. The van der Waals surface area contributed by atoms with Crippen molar-refractivity contribution >= 4 is 26.8 Å². The fourth-order valence-electron chi connectivity index (χ4n) is 5.40. The maximum Gasteiger partial charge on any atom is 0.295 e. The number of pyridine rings is 1. The maximum atomic E-state index is 14.0. The second-order valence-electron chi connectivity index (χ2n) is 10.4. The Morgan fingerprint density at radius 2 is 1.93 bits per heavy atom. The van der Waals surface area contributed by atoms with E-state index in [1.54, 1.807) is 23.8 Å². The van der Waals surface area contributed by atoms with E-state index in [4.69, 9.17) is 9.72 Å². The number of ether oxygens (including phenoxy) is 1. The summed E-state index contributed by atoms with van der Waals surface area (Å²) in [5, 5.41) is 12.9. The molecule has 2 saturated carbocycles. The van der Waals surface area contributed by atoms with Gasteiger partial charge in [0.2, 0.25) is 5.88 Å². The summed E-state index contributed by atoms with van der Waals surface area (Å²) < 4.78 is 31.3. The van der Waals surface area contributed by atoms with Gasteiger partial charge in [0.05, 0.1) is 59.9 Å². The summed E-state index contributed by atoms with van der Waals surface area (Å²) >= 11 is 0. The molecule has 42 heavy (non-hydrogen) atoms. The molecule has 216 valence electrons. The predicted molar refractivity (Wildman–Crippen MR) is 152 cm³/mol. The van der Waals surface area contributed by atoms with Crippen LogP contribution in [0, 0.1) is 17.2 Å². The average Bonchev–Trinajstić information content (AvgIpc) is 3.76. The Balaban J connectivity index is 1.43. The molecule has 0 spiro atoms. The molecule has 2 fully saturated rings. The van der Waals surface area contributed by atoms with E-state index in [1.807, 2.05) is 0 Å². The van der Waals surface area contributed by atoms with Crippen molar-refractivity contribution in [2.45, 2.75) is 62.4 Å². The number of hydrogen-bond donors (Lipinski definition) is 1. The summed E-state index contributed by atoms with van der Waals surface area (Å²) in [6.45, 7) is 1.71. The van der Waals surface area contributed by atoms with E-state index in [0.29, 0.717) is 47.0 Å². The quantitative estimate of drug-likeness (QED) is 0.303. The zero-order chi connectivity index (χ0) is 29.4. The van der Waals surface area contributed by atoms with Gasteiger partial charge in [-0.3, -0.25) is 14.3 Å². The first-order chi connectivity index (χ1) is 20.3. The number of sulfone groups is 1. The SMILES string of the molecule is CCS(=O)(=O)c1ccc(CNc2nc3cnc(-c4c(OC)ncnc4C4CC4)nc3n([C@H]3CCCC3C#N)c2=O)nc1. The molecule has 4 aromatic rings. The van der Waals surface area contributed by atoms with Gasteiger partial charge in [-0.2, -0.15) is 5.26 Å². The summed E-state index contributed by atoms with van der Waals surface area (Å²) in [5.74, 6) is 0.640. The third-order valence-corrected chi connectivity index (χ3v) is 9.53. The normalized spacial score (nSPS) is 18.6. The van der Waals surface area contributed by atoms with Crippen LogP contribution in [0.2, 0.25) is 0 Å². The van der Waals surface area contributed by atoms with Gasteiger partial charge in [-0.1, -0.05) is 6.92 Å². The van der Waals surface area contributed by atoms with Crippen LogP contribution < -0.4 is 15.6 Å². The molecule has 2 aliphatic rings. The third-order valence-electron chi connectivity index (χ3n) is 7.81. The Morgan fingerprint density at radius 3 is 2.62 bits per heavy atom. The van der Waals surface area contributed by atoms with E-state index in [1.165, 1.54) is 25.7 Å². The monoisotopic (exact) mass is 587 g/mol. The molecular formula is C28H29N9O4S. The molecule has 1 N–H and O–H groups in total. The summed E-state index contributed by atoms with van der Waals surface area (Å²) in [7, 11) is -1.84. The highest BCUT2D eigenvalue weighted by molar-refractivity contribution is 7.91. The van der Waals surface area contributed by atoms with Gasteiger partial charge < -0.3 is 10.1 Å². The van der Waals surface area contributed by atoms with E-state index in [0.717, 1.165) is 25.0 Å². The standard InChI is InChI=1S/C28H29N9O4S/c1-3-42(39,40)19-10-9-18(30-13-19)12-31-25-28(38)37(21-6-4-5-17(21)11-29)26-20(35-25)14-32-24(36-26)22-23(16-7-8-16)33-15-34-27(22)41-2/h9-10,13-17,21H,3-8,12H2,1-2H3,(H,31,35)/t17?,21-/m0/s1. The molecule has 14 heteroatoms. The Kier molecular flexibility index (Phi) is 7.28. The Labute approximate surface area is 242 Å². The predicted octanol–water partition coefficient (Wildman–Crippen LogP) is 3.19. The molecule has 13 nitrogen and oxygen atoms in total. The van der Waals surface area contributed by atoms with Crippen LogP contribution in [0.15, 0.2) is 40.5 Å². The molecule has 0 bridgehead atoms. The van der Waals surface area contributed by atoms with Crippen molar-refractivity contribution in [2.75, 3.05) is 18.2 Å². The molecular weight excluding hydrogens is 558 g/mol. The summed E-state index contributed by atoms with van der Waals surface area (Å²) in [4.78, 5) is 41.1. The number of nitrogens with one attached hydrogen (secondary N) is 1. The number of nitrogens with zero attached hydrogens (tertiary/aromatic N) is 8. The number of anilines is 1. The van der Waals surface area contributed by atoms with Crippen LogP contribution in [-0.4, -0.2) is 55.8 Å². The summed E-state index contributed by atoms with van der Waals surface area (Å²) in [6, 6.07) is 5.07. The van der Waals surface area contributed by atoms with Gasteiger partial charge in [0.1, 0.15) is 17.4 Å². The molecule has 1 unspecified atom stereocenters. The lowest BCUT2D eigenvalue weighted by molar-refractivity contribution is 0.397. The summed E-state index contributed by atoms with van der Waals surface area (Å²) in [6.07, 6.45) is 8.47. The van der Waals surface area contributed by atoms with Crippen molar-refractivity contribution < 1.29 is 13.2 Å². The highest BCUT2D eigenvalue weighted by Crippen LogP contribution is 2.45. The second-order valence-corrected chi connectivity index (χ2v) is 12.7. The number of hydrogen-bond acceptors (Lipinski definition) is 12. The molecule has 0 radical (unpaired) electrons. The molecule has 2 aliphatic carbocycles. The number of aromatic nitrogens is 7. The maximum absolute atomic E-state index is 14.0. The van der Waals surface area contributed by atoms with Gasteiger partial charge in [0.15, 0.2) is 27.1 Å². The Morgan fingerprint density at radius 1 is 1.10 bits per heavy atom. The van der Waals surface area contributed by atoms with Gasteiger partial charge >= 0.3 is 0 Å². The lowest BCUT2D eigenvalue weighted by Crippen LogP contribution is -2.31. The number of nitriles is 1. The topological polar surface area (TPSA) is 179 Å². The van der Waals surface area contributed by atoms with Gasteiger partial charge in [0.25, 0.3) is 5.56 Å². The fourth-order valence-corrected chi connectivity index (χ4v) is 6.22. The van der Waals surface area contributed by atoms with Crippen molar-refractivity contribution in [1.29, 1.82) is 5.26 Å². The number of methoxy groups -OCH3 is 1. The van der Waals surface area contributed by atoms with E-state index in [-0.39, 0.29) is 40.9 Å². The minimum Gasteiger partial charge on any atom is -0.480 e. The fraction of sp³-hybridized carbons (Fsp3) is 0.429. The first kappa shape index (κ1) is 27.6. The van der Waals surface area contributed by atoms with Crippen molar-refractivity contribution in [3.63, 3.8) is 0 Å². The van der Waals surface area contributed by atoms with E-state index >= 15 is 0 Å². The molecule has 4 heterocycles. The zero-order valence-corrected chi connectivity index (χ0v) is 24.0. The average molecular weight is 588 g/mol. The van der Waals surface area contributed by atoms with Crippen molar-refractivity contribution in [3.8, 4) is 23.3 Å². The Hall–Kier alpha value is -4.51. The van der Waals surface area contributed by atoms with Crippen molar-refractivity contribution in [1.82, 2.24) is 34.5 Å². The van der Waals surface area contributed by atoms with Crippen LogP contribution in [0.4, 0.5) is 5.82 Å². The minimum atomic E-state index is -3.37. The first-order valence-corrected chi connectivity index (χ1v) is 15.5. The van der Waals surface area contributed by atoms with Crippen LogP contribution in [-0.2, 0) is 16.4 Å². The molecule has 6 rings (SSSR count). The van der Waals surface area contributed by atoms with Gasteiger partial charge in [0, 0.05) is 12.1 Å². The van der Waals surface area contributed by atoms with Crippen LogP contribution in [0.3, 0.4) is 0 Å². The molecule has 2 atom stereocenters. The lowest BCUT2D eigenvalue weighted by atomic mass is 10.1. The molecule has 0 amide bonds. The number of fused-ring (bicyclic) bond motifs is 1. The van der Waals surface area contributed by atoms with Gasteiger partial charge in [-0.15, -0.1) is 0 Å². The van der Waals surface area contributed by atoms with Crippen LogP contribution in [0.1, 0.15) is 62.4 Å². The van der Waals surface area contributed by atoms with Crippen molar-refractivity contribution in [2.24, 2.45) is 5.92 Å². The van der Waals surface area contributed by atoms with E-state index < -0.39 is 15.4 Å². The molecule has 4 aromatic heterocycles. The van der Waals surface area contributed by atoms with Gasteiger partial charge in [-0.05, 0) is 44.2 Å². The molecule has 0 aromatic carbocycles. The van der Waals surface area contributed by atoms with E-state index in [2.05, 4.69) is 36.3 Å². The highest BCUT2D eigenvalue weighted by Gasteiger charge is 2.34. The minimum absolute atomic E-state index is 0.0204. The first-order valence-electron chi connectivity index (χ1n) is 13.8. The zero-order valence-electron chi connectivity index (χ0n) is 23.2. The second kappa shape index (κ2) is 11.1. The van der Waals surface area contributed by atoms with Crippen LogP contribution in [0.25, 0.3) is 22.6 Å². The molecule has 0 saturated heterocycles. The number of rotatable bonds is 9. The van der Waals surface area contributed by atoms with Crippen LogP contribution >= 0.6 is 0 Å².